The molecule has 0 heterocycles. The van der Waals surface area contributed by atoms with Gasteiger partial charge in [0.15, 0.2) is 0 Å². The van der Waals surface area contributed by atoms with E-state index in [1.807, 2.05) is 43.3 Å². The number of nitrogens with one attached hydrogen (secondary N) is 1. The normalized spacial score (nSPS) is 15.1. The van der Waals surface area contributed by atoms with Gasteiger partial charge in [-0.2, -0.15) is 0 Å². The monoisotopic (exact) mass is 426 g/mol. The van der Waals surface area contributed by atoms with Gasteiger partial charge in [-0.15, -0.1) is 0 Å². The van der Waals surface area contributed by atoms with Gasteiger partial charge in [0.2, 0.25) is 0 Å². The molecular weight excluding hydrogens is 395 g/mol. The van der Waals surface area contributed by atoms with E-state index in [1.165, 1.54) is 19.3 Å². The Balaban J connectivity index is 1.49. The lowest BCUT2D eigenvalue weighted by atomic mass is 9.83. The summed E-state index contributed by atoms with van der Waals surface area (Å²) in [4.78, 5) is 16.0. The first-order valence-electron chi connectivity index (χ1n) is 11.0. The van der Waals surface area contributed by atoms with Gasteiger partial charge in [0.05, 0.1) is 12.1 Å². The van der Waals surface area contributed by atoms with Crippen molar-refractivity contribution >= 4 is 11.7 Å². The van der Waals surface area contributed by atoms with Gasteiger partial charge < -0.3 is 15.3 Å². The maximum absolute atomic E-state index is 14.5. The third kappa shape index (κ3) is 7.17. The maximum Gasteiger partial charge on any atom is 0.304 e. The van der Waals surface area contributed by atoms with Gasteiger partial charge in [-0.3, -0.25) is 4.79 Å². The number of hydrogen-bond donors (Lipinski definition) is 2. The molecule has 166 valence electrons. The molecule has 1 aliphatic carbocycles. The van der Waals surface area contributed by atoms with Crippen LogP contribution in [-0.4, -0.2) is 23.3 Å². The third-order valence-corrected chi connectivity index (χ3v) is 5.76. The topological polar surface area (TPSA) is 70.9 Å². The highest BCUT2D eigenvalue weighted by molar-refractivity contribution is 5.98. The molecule has 3 rings (SSSR count). The van der Waals surface area contributed by atoms with Gasteiger partial charge in [0, 0.05) is 13.1 Å². The van der Waals surface area contributed by atoms with Crippen LogP contribution < -0.4 is 5.32 Å². The lowest BCUT2D eigenvalue weighted by Crippen LogP contribution is -2.17. The van der Waals surface area contributed by atoms with E-state index in [9.17, 15) is 9.18 Å². The van der Waals surface area contributed by atoms with Gasteiger partial charge in [0.1, 0.15) is 12.4 Å². The fraction of sp³-hybridized carbons (Fsp3) is 0.440. The Bertz CT molecular complexity index is 890. The summed E-state index contributed by atoms with van der Waals surface area (Å²) in [6.07, 6.45) is 5.89. The van der Waals surface area contributed by atoms with Crippen LogP contribution in [0.3, 0.4) is 0 Å². The molecule has 0 atom stereocenters. The van der Waals surface area contributed by atoms with E-state index >= 15 is 0 Å². The van der Waals surface area contributed by atoms with Crippen molar-refractivity contribution in [3.05, 3.63) is 70.5 Å². The summed E-state index contributed by atoms with van der Waals surface area (Å²) in [5, 5.41) is 15.9. The number of carboxylic acids is 1. The molecule has 2 aromatic rings. The Hall–Kier alpha value is -2.73. The fourth-order valence-corrected chi connectivity index (χ4v) is 3.95. The van der Waals surface area contributed by atoms with Gasteiger partial charge in [0.25, 0.3) is 0 Å². The number of rotatable bonds is 10. The first-order chi connectivity index (χ1) is 15.0. The van der Waals surface area contributed by atoms with E-state index in [0.29, 0.717) is 19.0 Å². The SMILES string of the molecule is CC(=NOCc1ccc(C2CCCCC2)c(F)c1)c1ccc(CNCCC(=O)O)cc1. The fourth-order valence-electron chi connectivity index (χ4n) is 3.95. The molecule has 1 fully saturated rings. The average molecular weight is 427 g/mol. The summed E-state index contributed by atoms with van der Waals surface area (Å²) < 4.78 is 14.5. The van der Waals surface area contributed by atoms with Gasteiger partial charge in [-0.1, -0.05) is 60.8 Å². The minimum atomic E-state index is -0.808. The molecule has 5 nitrogen and oxygen atoms in total. The zero-order valence-corrected chi connectivity index (χ0v) is 18.1. The molecule has 0 unspecified atom stereocenters. The van der Waals surface area contributed by atoms with Crippen molar-refractivity contribution in [2.75, 3.05) is 6.54 Å². The number of hydrogen-bond acceptors (Lipinski definition) is 4. The zero-order valence-electron chi connectivity index (χ0n) is 18.1. The van der Waals surface area contributed by atoms with Crippen LogP contribution in [0.5, 0.6) is 0 Å². The summed E-state index contributed by atoms with van der Waals surface area (Å²) in [5.74, 6) is -0.599. The first-order valence-corrected chi connectivity index (χ1v) is 11.0. The van der Waals surface area contributed by atoms with E-state index in [-0.39, 0.29) is 18.8 Å². The van der Waals surface area contributed by atoms with Crippen LogP contribution in [0.15, 0.2) is 47.6 Å². The largest absolute Gasteiger partial charge is 0.481 e. The molecule has 0 amide bonds. The predicted octanol–water partition coefficient (Wildman–Crippen LogP) is 5.38. The number of aliphatic carboxylic acids is 1. The highest BCUT2D eigenvalue weighted by Crippen LogP contribution is 2.34. The lowest BCUT2D eigenvalue weighted by molar-refractivity contribution is -0.136. The van der Waals surface area contributed by atoms with Crippen LogP contribution in [0.25, 0.3) is 0 Å². The van der Waals surface area contributed by atoms with Gasteiger partial charge in [-0.05, 0) is 54.0 Å². The minimum absolute atomic E-state index is 0.106. The zero-order chi connectivity index (χ0) is 22.1. The van der Waals surface area contributed by atoms with Gasteiger partial charge in [-0.25, -0.2) is 4.39 Å². The second kappa shape index (κ2) is 11.6. The van der Waals surface area contributed by atoms with Crippen LogP contribution >= 0.6 is 0 Å². The summed E-state index contributed by atoms with van der Waals surface area (Å²) in [7, 11) is 0. The molecule has 1 saturated carbocycles. The van der Waals surface area contributed by atoms with Crippen molar-refractivity contribution in [2.24, 2.45) is 5.16 Å². The standard InChI is InChI=1S/C25H31FN2O3/c1-18(21-10-7-19(8-11-21)16-27-14-13-25(29)30)28-31-17-20-9-12-23(24(26)15-20)22-5-3-2-4-6-22/h7-12,15,22,27H,2-6,13-14,16-17H2,1H3,(H,29,30). The van der Waals surface area contributed by atoms with E-state index < -0.39 is 5.97 Å². The van der Waals surface area contributed by atoms with E-state index in [1.54, 1.807) is 6.07 Å². The lowest BCUT2D eigenvalue weighted by Gasteiger charge is -2.22. The predicted molar refractivity (Wildman–Crippen MR) is 120 cm³/mol. The molecule has 0 bridgehead atoms. The highest BCUT2D eigenvalue weighted by Gasteiger charge is 2.18. The molecule has 0 aliphatic heterocycles. The Labute approximate surface area is 183 Å². The number of halogens is 1. The smallest absolute Gasteiger partial charge is 0.304 e. The second-order valence-electron chi connectivity index (χ2n) is 8.16. The Morgan fingerprint density at radius 2 is 1.84 bits per heavy atom. The van der Waals surface area contributed by atoms with Crippen molar-refractivity contribution in [3.8, 4) is 0 Å². The Morgan fingerprint density at radius 1 is 1.13 bits per heavy atom. The molecule has 0 saturated heterocycles. The minimum Gasteiger partial charge on any atom is -0.481 e. The third-order valence-electron chi connectivity index (χ3n) is 5.76. The van der Waals surface area contributed by atoms with Crippen molar-refractivity contribution in [1.82, 2.24) is 5.32 Å². The number of oxime groups is 1. The van der Waals surface area contributed by atoms with Crippen LogP contribution in [0.2, 0.25) is 0 Å². The quantitative estimate of drug-likeness (QED) is 0.304. The van der Waals surface area contributed by atoms with Crippen molar-refractivity contribution < 1.29 is 19.1 Å². The number of benzene rings is 2. The Kier molecular flexibility index (Phi) is 8.59. The number of carbonyl (C=O) groups is 1. The molecule has 2 N–H and O–H groups in total. The molecule has 2 aromatic carbocycles. The summed E-state index contributed by atoms with van der Waals surface area (Å²) >= 11 is 0. The molecule has 0 spiro atoms. The van der Waals surface area contributed by atoms with Crippen molar-refractivity contribution in [3.63, 3.8) is 0 Å². The van der Waals surface area contributed by atoms with Crippen molar-refractivity contribution in [2.45, 2.75) is 64.5 Å². The van der Waals surface area contributed by atoms with Crippen LogP contribution in [0.4, 0.5) is 4.39 Å². The maximum atomic E-state index is 14.5. The van der Waals surface area contributed by atoms with Gasteiger partial charge >= 0.3 is 5.97 Å². The Morgan fingerprint density at radius 3 is 2.52 bits per heavy atom. The summed E-state index contributed by atoms with van der Waals surface area (Å²) in [6, 6.07) is 13.3. The molecule has 1 aliphatic rings. The molecule has 0 aromatic heterocycles. The van der Waals surface area contributed by atoms with E-state index in [0.717, 1.165) is 40.8 Å². The summed E-state index contributed by atoms with van der Waals surface area (Å²) in [5.41, 5.74) is 4.35. The second-order valence-corrected chi connectivity index (χ2v) is 8.16. The van der Waals surface area contributed by atoms with E-state index in [4.69, 9.17) is 9.94 Å². The van der Waals surface area contributed by atoms with Crippen LogP contribution in [0, 0.1) is 5.82 Å². The molecular formula is C25H31FN2O3. The number of nitrogens with zero attached hydrogens (tertiary/aromatic N) is 1. The summed E-state index contributed by atoms with van der Waals surface area (Å²) in [6.45, 7) is 3.15. The highest BCUT2D eigenvalue weighted by atomic mass is 19.1. The van der Waals surface area contributed by atoms with Crippen LogP contribution in [-0.2, 0) is 22.8 Å². The van der Waals surface area contributed by atoms with Crippen molar-refractivity contribution in [1.29, 1.82) is 0 Å². The molecule has 31 heavy (non-hydrogen) atoms. The average Bonchev–Trinajstić information content (AvgIpc) is 2.77. The van der Waals surface area contributed by atoms with E-state index in [2.05, 4.69) is 10.5 Å². The first kappa shape index (κ1) is 22.9. The molecule has 6 heteroatoms. The van der Waals surface area contributed by atoms with Crippen LogP contribution in [0.1, 0.15) is 73.6 Å². The molecule has 0 radical (unpaired) electrons. The number of carboxylic acid groups (broad SMARTS) is 1.